The SMILES string of the molecule is Cn1cncc1C(=O)Nc1ccc(C(=O)O)cc1Cl. The monoisotopic (exact) mass is 279 g/mol. The number of aryl methyl sites for hydroxylation is 1. The molecule has 0 spiro atoms. The summed E-state index contributed by atoms with van der Waals surface area (Å²) in [6.07, 6.45) is 2.93. The Hall–Kier alpha value is -2.34. The molecule has 6 nitrogen and oxygen atoms in total. The number of nitrogens with zero attached hydrogens (tertiary/aromatic N) is 2. The van der Waals surface area contributed by atoms with Crippen LogP contribution in [-0.4, -0.2) is 26.5 Å². The Balaban J connectivity index is 2.23. The van der Waals surface area contributed by atoms with Crippen molar-refractivity contribution in [1.29, 1.82) is 0 Å². The topological polar surface area (TPSA) is 84.2 Å². The van der Waals surface area contributed by atoms with E-state index in [0.29, 0.717) is 11.4 Å². The van der Waals surface area contributed by atoms with E-state index >= 15 is 0 Å². The lowest BCUT2D eigenvalue weighted by atomic mass is 10.2. The second-order valence-corrected chi connectivity index (χ2v) is 4.25. The maximum Gasteiger partial charge on any atom is 0.335 e. The number of nitrogens with one attached hydrogen (secondary N) is 1. The van der Waals surface area contributed by atoms with Crippen molar-refractivity contribution in [3.05, 3.63) is 47.0 Å². The lowest BCUT2D eigenvalue weighted by Gasteiger charge is -2.08. The van der Waals surface area contributed by atoms with Gasteiger partial charge >= 0.3 is 5.97 Å². The summed E-state index contributed by atoms with van der Waals surface area (Å²) in [6, 6.07) is 4.09. The van der Waals surface area contributed by atoms with Gasteiger partial charge in [0.25, 0.3) is 5.91 Å². The second-order valence-electron chi connectivity index (χ2n) is 3.84. The van der Waals surface area contributed by atoms with Gasteiger partial charge in [0.2, 0.25) is 0 Å². The number of carboxylic acid groups (broad SMARTS) is 1. The van der Waals surface area contributed by atoms with Crippen LogP contribution in [0.2, 0.25) is 5.02 Å². The Morgan fingerprint density at radius 3 is 2.68 bits per heavy atom. The third-order valence-corrected chi connectivity index (χ3v) is 2.83. The average Bonchev–Trinajstić information content (AvgIpc) is 2.77. The molecule has 1 amide bonds. The smallest absolute Gasteiger partial charge is 0.335 e. The Bertz CT molecular complexity index is 651. The van der Waals surface area contributed by atoms with E-state index in [1.54, 1.807) is 11.6 Å². The second kappa shape index (κ2) is 5.11. The standard InChI is InChI=1S/C12H10ClN3O3/c1-16-6-14-5-10(16)11(17)15-9-3-2-7(12(18)19)4-8(9)13/h2-6H,1H3,(H,15,17)(H,18,19). The molecule has 0 bridgehead atoms. The van der Waals surface area contributed by atoms with Crippen molar-refractivity contribution >= 4 is 29.2 Å². The van der Waals surface area contributed by atoms with Gasteiger partial charge in [0, 0.05) is 7.05 Å². The van der Waals surface area contributed by atoms with Crippen molar-refractivity contribution in [2.24, 2.45) is 7.05 Å². The molecule has 2 rings (SSSR count). The van der Waals surface area contributed by atoms with Crippen molar-refractivity contribution in [2.75, 3.05) is 5.32 Å². The summed E-state index contributed by atoms with van der Waals surface area (Å²) in [4.78, 5) is 26.5. The zero-order chi connectivity index (χ0) is 14.0. The summed E-state index contributed by atoms with van der Waals surface area (Å²) in [7, 11) is 1.69. The van der Waals surface area contributed by atoms with Crippen LogP contribution in [0.25, 0.3) is 0 Å². The molecule has 0 aliphatic rings. The van der Waals surface area contributed by atoms with Crippen molar-refractivity contribution in [2.45, 2.75) is 0 Å². The summed E-state index contributed by atoms with van der Waals surface area (Å²) >= 11 is 5.92. The quantitative estimate of drug-likeness (QED) is 0.900. The molecule has 2 aromatic rings. The van der Waals surface area contributed by atoms with Gasteiger partial charge in [0.05, 0.1) is 28.8 Å². The molecule has 0 fully saturated rings. The Morgan fingerprint density at radius 1 is 1.42 bits per heavy atom. The molecule has 19 heavy (non-hydrogen) atoms. The molecule has 2 N–H and O–H groups in total. The lowest BCUT2D eigenvalue weighted by molar-refractivity contribution is 0.0696. The number of carboxylic acids is 1. The molecule has 1 aromatic carbocycles. The summed E-state index contributed by atoms with van der Waals surface area (Å²) in [5.74, 6) is -1.45. The molecule has 0 atom stereocenters. The average molecular weight is 280 g/mol. The van der Waals surface area contributed by atoms with Crippen LogP contribution in [-0.2, 0) is 7.05 Å². The molecule has 0 unspecified atom stereocenters. The van der Waals surface area contributed by atoms with E-state index in [4.69, 9.17) is 16.7 Å². The molecular weight excluding hydrogens is 270 g/mol. The van der Waals surface area contributed by atoms with E-state index in [2.05, 4.69) is 10.3 Å². The number of aromatic carboxylic acids is 1. The zero-order valence-corrected chi connectivity index (χ0v) is 10.7. The van der Waals surface area contributed by atoms with Crippen LogP contribution in [0.4, 0.5) is 5.69 Å². The lowest BCUT2D eigenvalue weighted by Crippen LogP contribution is -2.15. The number of hydrogen-bond donors (Lipinski definition) is 2. The van der Waals surface area contributed by atoms with Gasteiger partial charge in [-0.2, -0.15) is 0 Å². The number of carbonyl (C=O) groups is 2. The number of amides is 1. The number of imidazole rings is 1. The van der Waals surface area contributed by atoms with Crippen LogP contribution >= 0.6 is 11.6 Å². The van der Waals surface area contributed by atoms with Crippen molar-refractivity contribution in [3.8, 4) is 0 Å². The van der Waals surface area contributed by atoms with Gasteiger partial charge < -0.3 is 15.0 Å². The zero-order valence-electron chi connectivity index (χ0n) is 9.92. The molecule has 1 aromatic heterocycles. The minimum absolute atomic E-state index is 0.0588. The maximum atomic E-state index is 11.9. The van der Waals surface area contributed by atoms with Gasteiger partial charge in [-0.15, -0.1) is 0 Å². The summed E-state index contributed by atoms with van der Waals surface area (Å²) in [5, 5.41) is 11.6. The predicted molar refractivity (Wildman–Crippen MR) is 69.6 cm³/mol. The highest BCUT2D eigenvalue weighted by Gasteiger charge is 2.13. The summed E-state index contributed by atoms with van der Waals surface area (Å²) in [6.45, 7) is 0. The highest BCUT2D eigenvalue weighted by Crippen LogP contribution is 2.23. The number of aromatic nitrogens is 2. The number of benzene rings is 1. The van der Waals surface area contributed by atoms with Crippen molar-refractivity contribution in [3.63, 3.8) is 0 Å². The van der Waals surface area contributed by atoms with Gasteiger partial charge in [-0.25, -0.2) is 9.78 Å². The minimum Gasteiger partial charge on any atom is -0.478 e. The minimum atomic E-state index is -1.08. The fourth-order valence-electron chi connectivity index (χ4n) is 1.51. The number of carbonyl (C=O) groups excluding carboxylic acids is 1. The molecule has 1 heterocycles. The molecule has 0 radical (unpaired) electrons. The maximum absolute atomic E-state index is 11.9. The first-order valence-corrected chi connectivity index (χ1v) is 5.67. The van der Waals surface area contributed by atoms with Gasteiger partial charge in [0.15, 0.2) is 0 Å². The van der Waals surface area contributed by atoms with Crippen LogP contribution in [0, 0.1) is 0 Å². The molecule has 98 valence electrons. The van der Waals surface area contributed by atoms with Gasteiger partial charge in [0.1, 0.15) is 5.69 Å². The predicted octanol–water partition coefficient (Wildman–Crippen LogP) is 2.02. The van der Waals surface area contributed by atoms with Gasteiger partial charge in [-0.3, -0.25) is 4.79 Å². The molecule has 0 saturated carbocycles. The van der Waals surface area contributed by atoms with Crippen molar-refractivity contribution < 1.29 is 14.7 Å². The van der Waals surface area contributed by atoms with Crippen molar-refractivity contribution in [1.82, 2.24) is 9.55 Å². The van der Waals surface area contributed by atoms with Crippen LogP contribution in [0.15, 0.2) is 30.7 Å². The normalized spacial score (nSPS) is 10.2. The first-order chi connectivity index (χ1) is 8.99. The number of halogens is 1. The molecular formula is C12H10ClN3O3. The first-order valence-electron chi connectivity index (χ1n) is 5.29. The highest BCUT2D eigenvalue weighted by atomic mass is 35.5. The van der Waals surface area contributed by atoms with Crippen LogP contribution in [0.3, 0.4) is 0 Å². The van der Waals surface area contributed by atoms with Gasteiger partial charge in [-0.1, -0.05) is 11.6 Å². The molecule has 7 heteroatoms. The third kappa shape index (κ3) is 2.74. The van der Waals surface area contributed by atoms with E-state index < -0.39 is 5.97 Å². The summed E-state index contributed by atoms with van der Waals surface area (Å²) < 4.78 is 1.56. The third-order valence-electron chi connectivity index (χ3n) is 2.51. The fraction of sp³-hybridized carbons (Fsp3) is 0.0833. The molecule has 0 aliphatic carbocycles. The van der Waals surface area contributed by atoms with E-state index in [-0.39, 0.29) is 16.5 Å². The molecule has 0 aliphatic heterocycles. The Labute approximate surface area is 113 Å². The fourth-order valence-corrected chi connectivity index (χ4v) is 1.74. The Kier molecular flexibility index (Phi) is 3.52. The van der Waals surface area contributed by atoms with Crippen LogP contribution in [0.5, 0.6) is 0 Å². The van der Waals surface area contributed by atoms with E-state index in [0.717, 1.165) is 0 Å². The number of anilines is 1. The summed E-state index contributed by atoms with van der Waals surface area (Å²) in [5.41, 5.74) is 0.778. The number of hydrogen-bond acceptors (Lipinski definition) is 3. The van der Waals surface area contributed by atoms with E-state index in [1.165, 1.54) is 30.7 Å². The van der Waals surface area contributed by atoms with Gasteiger partial charge in [-0.05, 0) is 18.2 Å². The number of rotatable bonds is 3. The van der Waals surface area contributed by atoms with E-state index in [1.807, 2.05) is 0 Å². The molecule has 0 saturated heterocycles. The Morgan fingerprint density at radius 2 is 2.16 bits per heavy atom. The highest BCUT2D eigenvalue weighted by molar-refractivity contribution is 6.34. The van der Waals surface area contributed by atoms with Crippen LogP contribution in [0.1, 0.15) is 20.8 Å². The first kappa shape index (κ1) is 13.1. The largest absolute Gasteiger partial charge is 0.478 e. The van der Waals surface area contributed by atoms with E-state index in [9.17, 15) is 9.59 Å². The van der Waals surface area contributed by atoms with Crippen LogP contribution < -0.4 is 5.32 Å².